The number of aryl methyl sites for hydroxylation is 2. The van der Waals surface area contributed by atoms with Gasteiger partial charge < -0.3 is 14.7 Å². The van der Waals surface area contributed by atoms with Gasteiger partial charge in [-0.1, -0.05) is 5.16 Å². The fraction of sp³-hybridized carbons (Fsp3) is 0.750. The van der Waals surface area contributed by atoms with Crippen molar-refractivity contribution in [3.8, 4) is 0 Å². The van der Waals surface area contributed by atoms with Crippen LogP contribution in [0.2, 0.25) is 0 Å². The monoisotopic (exact) mass is 223 g/mol. The Hall–Kier alpha value is -0.870. The molecule has 0 aromatic carbocycles. The van der Waals surface area contributed by atoms with E-state index in [-0.39, 0.29) is 0 Å². The summed E-state index contributed by atoms with van der Waals surface area (Å²) in [7, 11) is 0. The second-order valence-electron chi connectivity index (χ2n) is 4.50. The number of aromatic nitrogens is 1. The van der Waals surface area contributed by atoms with Crippen LogP contribution in [-0.2, 0) is 6.42 Å². The van der Waals surface area contributed by atoms with Gasteiger partial charge in [-0.25, -0.2) is 0 Å². The number of rotatable bonds is 3. The summed E-state index contributed by atoms with van der Waals surface area (Å²) >= 11 is 0. The molecular formula is C12H21N3O. The molecule has 16 heavy (non-hydrogen) atoms. The lowest BCUT2D eigenvalue weighted by molar-refractivity contribution is 0.295. The summed E-state index contributed by atoms with van der Waals surface area (Å²) in [6, 6.07) is 0. The quantitative estimate of drug-likeness (QED) is 0.834. The fourth-order valence-electron chi connectivity index (χ4n) is 2.25. The number of nitrogens with one attached hydrogen (secondary N) is 1. The minimum atomic E-state index is 0.977. The van der Waals surface area contributed by atoms with Gasteiger partial charge in [0, 0.05) is 25.2 Å². The van der Waals surface area contributed by atoms with Crippen LogP contribution < -0.4 is 5.32 Å². The van der Waals surface area contributed by atoms with Crippen LogP contribution in [0.15, 0.2) is 4.52 Å². The van der Waals surface area contributed by atoms with Crippen molar-refractivity contribution >= 4 is 0 Å². The second-order valence-corrected chi connectivity index (χ2v) is 4.50. The lowest BCUT2D eigenvalue weighted by Gasteiger charge is -2.18. The fourth-order valence-corrected chi connectivity index (χ4v) is 2.25. The molecule has 1 fully saturated rings. The molecule has 1 aromatic rings. The van der Waals surface area contributed by atoms with Crippen LogP contribution in [0.4, 0.5) is 0 Å². The van der Waals surface area contributed by atoms with Gasteiger partial charge in [0.05, 0.1) is 5.69 Å². The van der Waals surface area contributed by atoms with E-state index in [2.05, 4.69) is 15.4 Å². The molecule has 4 nitrogen and oxygen atoms in total. The smallest absolute Gasteiger partial charge is 0.137 e. The molecular weight excluding hydrogens is 202 g/mol. The highest BCUT2D eigenvalue weighted by atomic mass is 16.5. The molecule has 0 amide bonds. The van der Waals surface area contributed by atoms with E-state index in [1.165, 1.54) is 18.5 Å². The van der Waals surface area contributed by atoms with E-state index in [4.69, 9.17) is 4.52 Å². The Balaban J connectivity index is 1.86. The maximum Gasteiger partial charge on any atom is 0.137 e. The molecule has 1 aliphatic heterocycles. The van der Waals surface area contributed by atoms with Crippen molar-refractivity contribution in [2.24, 2.45) is 0 Å². The molecule has 0 saturated carbocycles. The average molecular weight is 223 g/mol. The highest BCUT2D eigenvalue weighted by Gasteiger charge is 2.12. The zero-order chi connectivity index (χ0) is 11.4. The molecule has 0 atom stereocenters. The van der Waals surface area contributed by atoms with Gasteiger partial charge in [-0.15, -0.1) is 0 Å². The molecule has 1 N–H and O–H groups in total. The minimum absolute atomic E-state index is 0.977. The number of hydrogen-bond acceptors (Lipinski definition) is 4. The first-order chi connectivity index (χ1) is 7.77. The van der Waals surface area contributed by atoms with Crippen LogP contribution in [0.1, 0.15) is 23.4 Å². The zero-order valence-electron chi connectivity index (χ0n) is 10.3. The average Bonchev–Trinajstić information content (AvgIpc) is 2.51. The Morgan fingerprint density at radius 2 is 2.19 bits per heavy atom. The van der Waals surface area contributed by atoms with Crippen molar-refractivity contribution < 1.29 is 4.52 Å². The predicted octanol–water partition coefficient (Wildman–Crippen LogP) is 1.13. The van der Waals surface area contributed by atoms with E-state index in [1.807, 2.05) is 13.8 Å². The van der Waals surface area contributed by atoms with Crippen molar-refractivity contribution in [1.82, 2.24) is 15.4 Å². The molecule has 0 spiro atoms. The van der Waals surface area contributed by atoms with E-state index in [1.54, 1.807) is 0 Å². The number of hydrogen-bond donors (Lipinski definition) is 1. The van der Waals surface area contributed by atoms with Gasteiger partial charge in [-0.05, 0) is 39.8 Å². The highest BCUT2D eigenvalue weighted by molar-refractivity contribution is 5.20. The second kappa shape index (κ2) is 5.46. The molecule has 2 rings (SSSR count). The molecule has 90 valence electrons. The van der Waals surface area contributed by atoms with Crippen molar-refractivity contribution in [3.63, 3.8) is 0 Å². The number of nitrogens with zero attached hydrogens (tertiary/aromatic N) is 2. The summed E-state index contributed by atoms with van der Waals surface area (Å²) in [5.74, 6) is 0.977. The lowest BCUT2D eigenvalue weighted by atomic mass is 10.1. The maximum absolute atomic E-state index is 5.18. The van der Waals surface area contributed by atoms with Crippen LogP contribution in [-0.4, -0.2) is 42.8 Å². The molecule has 2 heterocycles. The Labute approximate surface area is 97.0 Å². The first-order valence-electron chi connectivity index (χ1n) is 6.12. The predicted molar refractivity (Wildman–Crippen MR) is 63.6 cm³/mol. The summed E-state index contributed by atoms with van der Waals surface area (Å²) < 4.78 is 5.18. The van der Waals surface area contributed by atoms with Gasteiger partial charge in [0.1, 0.15) is 5.76 Å². The molecule has 1 saturated heterocycles. The summed E-state index contributed by atoms with van der Waals surface area (Å²) in [6.45, 7) is 9.77. The third-order valence-electron chi connectivity index (χ3n) is 3.29. The van der Waals surface area contributed by atoms with E-state index in [0.717, 1.165) is 44.1 Å². The summed E-state index contributed by atoms with van der Waals surface area (Å²) in [5.41, 5.74) is 2.34. The Bertz CT molecular complexity index is 308. The Morgan fingerprint density at radius 3 is 2.94 bits per heavy atom. The van der Waals surface area contributed by atoms with Crippen LogP contribution in [0, 0.1) is 13.8 Å². The Morgan fingerprint density at radius 1 is 1.31 bits per heavy atom. The topological polar surface area (TPSA) is 41.3 Å². The minimum Gasteiger partial charge on any atom is -0.361 e. The van der Waals surface area contributed by atoms with Crippen molar-refractivity contribution in [2.45, 2.75) is 26.7 Å². The van der Waals surface area contributed by atoms with Crippen LogP contribution in [0.25, 0.3) is 0 Å². The van der Waals surface area contributed by atoms with Gasteiger partial charge in [0.15, 0.2) is 0 Å². The largest absolute Gasteiger partial charge is 0.361 e. The van der Waals surface area contributed by atoms with E-state index in [0.29, 0.717) is 0 Å². The highest BCUT2D eigenvalue weighted by Crippen LogP contribution is 2.13. The molecule has 4 heteroatoms. The van der Waals surface area contributed by atoms with Gasteiger partial charge >= 0.3 is 0 Å². The van der Waals surface area contributed by atoms with Crippen molar-refractivity contribution in [3.05, 3.63) is 17.0 Å². The third kappa shape index (κ3) is 2.83. The van der Waals surface area contributed by atoms with Crippen LogP contribution in [0.5, 0.6) is 0 Å². The van der Waals surface area contributed by atoms with Gasteiger partial charge in [-0.2, -0.15) is 0 Å². The van der Waals surface area contributed by atoms with Crippen LogP contribution >= 0.6 is 0 Å². The van der Waals surface area contributed by atoms with E-state index in [9.17, 15) is 0 Å². The van der Waals surface area contributed by atoms with Gasteiger partial charge in [0.2, 0.25) is 0 Å². The lowest BCUT2D eigenvalue weighted by Crippen LogP contribution is -2.30. The molecule has 0 radical (unpaired) electrons. The summed E-state index contributed by atoms with van der Waals surface area (Å²) in [5, 5.41) is 7.41. The normalized spacial score (nSPS) is 18.6. The van der Waals surface area contributed by atoms with Crippen LogP contribution in [0.3, 0.4) is 0 Å². The summed E-state index contributed by atoms with van der Waals surface area (Å²) in [4.78, 5) is 2.52. The van der Waals surface area contributed by atoms with E-state index < -0.39 is 0 Å². The molecule has 0 unspecified atom stereocenters. The van der Waals surface area contributed by atoms with Crippen molar-refractivity contribution in [2.75, 3.05) is 32.7 Å². The maximum atomic E-state index is 5.18. The molecule has 0 aliphatic carbocycles. The van der Waals surface area contributed by atoms with Gasteiger partial charge in [-0.3, -0.25) is 0 Å². The standard InChI is InChI=1S/C12H21N3O/c1-10-12(11(2)16-14-10)4-8-15-7-3-5-13-6-9-15/h13H,3-9H2,1-2H3. The third-order valence-corrected chi connectivity index (χ3v) is 3.29. The van der Waals surface area contributed by atoms with Gasteiger partial charge in [0.25, 0.3) is 0 Å². The SMILES string of the molecule is Cc1noc(C)c1CCN1CCCNCC1. The molecule has 1 aliphatic rings. The first kappa shape index (κ1) is 11.6. The molecule has 1 aromatic heterocycles. The van der Waals surface area contributed by atoms with Crippen molar-refractivity contribution in [1.29, 1.82) is 0 Å². The Kier molecular flexibility index (Phi) is 3.96. The molecule has 0 bridgehead atoms. The first-order valence-corrected chi connectivity index (χ1v) is 6.12. The summed E-state index contributed by atoms with van der Waals surface area (Å²) in [6.07, 6.45) is 2.31. The zero-order valence-corrected chi connectivity index (χ0v) is 10.3. The van der Waals surface area contributed by atoms with E-state index >= 15 is 0 Å².